The molecule has 0 aliphatic carbocycles. The molecule has 0 spiro atoms. The van der Waals surface area contributed by atoms with E-state index < -0.39 is 4.92 Å². The van der Waals surface area contributed by atoms with Gasteiger partial charge in [0.15, 0.2) is 0 Å². The smallest absolute Gasteiger partial charge is 0.269 e. The summed E-state index contributed by atoms with van der Waals surface area (Å²) >= 11 is 1.22. The molecule has 0 saturated carbocycles. The van der Waals surface area contributed by atoms with Crippen molar-refractivity contribution in [2.24, 2.45) is 0 Å². The Balaban J connectivity index is 2.05. The van der Waals surface area contributed by atoms with Gasteiger partial charge in [-0.25, -0.2) is 4.98 Å². The van der Waals surface area contributed by atoms with Crippen LogP contribution in [0.1, 0.15) is 26.5 Å². The molecule has 3 aromatic rings. The van der Waals surface area contributed by atoms with Crippen LogP contribution in [0.2, 0.25) is 0 Å². The van der Waals surface area contributed by atoms with E-state index in [1.54, 1.807) is 7.11 Å². The highest BCUT2D eigenvalue weighted by Gasteiger charge is 2.21. The summed E-state index contributed by atoms with van der Waals surface area (Å²) in [5, 5.41) is 11.5. The van der Waals surface area contributed by atoms with Crippen molar-refractivity contribution in [1.82, 2.24) is 4.98 Å². The SMILES string of the molecule is COCc1cc(C)c2c(N)c(C(=O)c3ccc([N+](=O)[O-])cc3)sc2n1. The Labute approximate surface area is 147 Å². The quantitative estimate of drug-likeness (QED) is 0.425. The molecule has 3 rings (SSSR count). The number of aromatic nitrogens is 1. The lowest BCUT2D eigenvalue weighted by atomic mass is 10.1. The number of carbonyl (C=O) groups is 1. The lowest BCUT2D eigenvalue weighted by molar-refractivity contribution is -0.384. The van der Waals surface area contributed by atoms with Crippen LogP contribution in [0, 0.1) is 17.0 Å². The number of pyridine rings is 1. The molecule has 1 aromatic carbocycles. The van der Waals surface area contributed by atoms with Gasteiger partial charge in [-0.1, -0.05) is 0 Å². The predicted octanol–water partition coefficient (Wildman–Crippen LogP) is 3.47. The zero-order chi connectivity index (χ0) is 18.1. The summed E-state index contributed by atoms with van der Waals surface area (Å²) in [6.07, 6.45) is 0. The molecule has 0 fully saturated rings. The van der Waals surface area contributed by atoms with Crippen molar-refractivity contribution in [3.05, 3.63) is 62.1 Å². The highest BCUT2D eigenvalue weighted by molar-refractivity contribution is 7.21. The molecule has 0 aliphatic heterocycles. The minimum absolute atomic E-state index is 0.0671. The predicted molar refractivity (Wildman–Crippen MR) is 96.0 cm³/mol. The van der Waals surface area contributed by atoms with Gasteiger partial charge in [-0.05, 0) is 30.7 Å². The first-order valence-corrected chi connectivity index (χ1v) is 8.20. The molecule has 2 aromatic heterocycles. The first kappa shape index (κ1) is 17.0. The molecule has 0 radical (unpaired) electrons. The monoisotopic (exact) mass is 357 g/mol. The highest BCUT2D eigenvalue weighted by atomic mass is 32.1. The number of nitrogens with zero attached hydrogens (tertiary/aromatic N) is 2. The van der Waals surface area contributed by atoms with Gasteiger partial charge in [0, 0.05) is 30.2 Å². The van der Waals surface area contributed by atoms with Crippen LogP contribution in [-0.2, 0) is 11.3 Å². The molecule has 8 heteroatoms. The molecule has 25 heavy (non-hydrogen) atoms. The fourth-order valence-electron chi connectivity index (χ4n) is 2.63. The number of rotatable bonds is 5. The maximum absolute atomic E-state index is 12.7. The second kappa shape index (κ2) is 6.58. The molecule has 0 unspecified atom stereocenters. The molecule has 0 saturated heterocycles. The van der Waals surface area contributed by atoms with Crippen LogP contribution in [0.3, 0.4) is 0 Å². The summed E-state index contributed by atoms with van der Waals surface area (Å²) in [7, 11) is 1.59. The number of anilines is 1. The number of ketones is 1. The first-order valence-electron chi connectivity index (χ1n) is 7.39. The molecule has 7 nitrogen and oxygen atoms in total. The fourth-order valence-corrected chi connectivity index (χ4v) is 3.78. The summed E-state index contributed by atoms with van der Waals surface area (Å²) in [4.78, 5) is 28.5. The lowest BCUT2D eigenvalue weighted by Crippen LogP contribution is -2.02. The average Bonchev–Trinajstić information content (AvgIpc) is 2.91. The van der Waals surface area contributed by atoms with Crippen molar-refractivity contribution in [3.8, 4) is 0 Å². The van der Waals surface area contributed by atoms with Gasteiger partial charge < -0.3 is 10.5 Å². The number of benzene rings is 1. The fraction of sp³-hybridized carbons (Fsp3) is 0.176. The number of nitro benzene ring substituents is 1. The van der Waals surface area contributed by atoms with E-state index in [2.05, 4.69) is 4.98 Å². The third-order valence-corrected chi connectivity index (χ3v) is 4.89. The van der Waals surface area contributed by atoms with Crippen LogP contribution < -0.4 is 5.73 Å². The van der Waals surface area contributed by atoms with Crippen molar-refractivity contribution in [2.75, 3.05) is 12.8 Å². The Morgan fingerprint density at radius 2 is 2.04 bits per heavy atom. The van der Waals surface area contributed by atoms with E-state index in [-0.39, 0.29) is 11.5 Å². The van der Waals surface area contributed by atoms with E-state index in [0.29, 0.717) is 27.6 Å². The van der Waals surface area contributed by atoms with Crippen LogP contribution in [0.25, 0.3) is 10.2 Å². The number of thiophene rings is 1. The van der Waals surface area contributed by atoms with E-state index >= 15 is 0 Å². The van der Waals surface area contributed by atoms with Crippen LogP contribution in [-0.4, -0.2) is 22.8 Å². The molecule has 2 heterocycles. The number of nitro groups is 1. The maximum Gasteiger partial charge on any atom is 0.269 e. The Morgan fingerprint density at radius 3 is 2.64 bits per heavy atom. The molecule has 0 amide bonds. The number of hydrogen-bond acceptors (Lipinski definition) is 7. The minimum atomic E-state index is -0.507. The molecule has 0 bridgehead atoms. The highest BCUT2D eigenvalue weighted by Crippen LogP contribution is 2.36. The van der Waals surface area contributed by atoms with Crippen LogP contribution in [0.5, 0.6) is 0 Å². The van der Waals surface area contributed by atoms with Crippen LogP contribution >= 0.6 is 11.3 Å². The van der Waals surface area contributed by atoms with E-state index in [1.807, 2.05) is 13.0 Å². The molecule has 2 N–H and O–H groups in total. The number of nitrogens with two attached hydrogens (primary N) is 1. The van der Waals surface area contributed by atoms with E-state index in [9.17, 15) is 14.9 Å². The number of methoxy groups -OCH3 is 1. The normalized spacial score (nSPS) is 11.0. The molecule has 128 valence electrons. The molecule has 0 aliphatic rings. The van der Waals surface area contributed by atoms with Gasteiger partial charge in [-0.3, -0.25) is 14.9 Å². The number of carbonyl (C=O) groups excluding carboxylic acids is 1. The summed E-state index contributed by atoms with van der Waals surface area (Å²) in [5.74, 6) is -0.275. The average molecular weight is 357 g/mol. The summed E-state index contributed by atoms with van der Waals surface area (Å²) < 4.78 is 5.11. The number of nitrogen functional groups attached to an aromatic ring is 1. The number of ether oxygens (including phenoxy) is 1. The van der Waals surface area contributed by atoms with Crippen LogP contribution in [0.15, 0.2) is 30.3 Å². The third kappa shape index (κ3) is 3.09. The molecule has 0 atom stereocenters. The Bertz CT molecular complexity index is 980. The molecular weight excluding hydrogens is 342 g/mol. The summed E-state index contributed by atoms with van der Waals surface area (Å²) in [5.41, 5.74) is 8.55. The Morgan fingerprint density at radius 1 is 1.36 bits per heavy atom. The van der Waals surface area contributed by atoms with Gasteiger partial charge in [0.05, 0.1) is 22.9 Å². The second-order valence-corrected chi connectivity index (χ2v) is 6.52. The van der Waals surface area contributed by atoms with Gasteiger partial charge >= 0.3 is 0 Å². The van der Waals surface area contributed by atoms with Gasteiger partial charge in [0.2, 0.25) is 5.78 Å². The standard InChI is InChI=1S/C17H15N3O4S/c1-9-7-11(8-24-2)19-17-13(9)14(18)16(25-17)15(21)10-3-5-12(6-4-10)20(22)23/h3-7H,8,18H2,1-2H3. The lowest BCUT2D eigenvalue weighted by Gasteiger charge is -2.03. The zero-order valence-corrected chi connectivity index (χ0v) is 14.4. The maximum atomic E-state index is 12.7. The number of fused-ring (bicyclic) bond motifs is 1. The summed E-state index contributed by atoms with van der Waals surface area (Å²) in [6, 6.07) is 7.35. The Hall–Kier alpha value is -2.84. The van der Waals surface area contributed by atoms with Crippen molar-refractivity contribution >= 4 is 38.7 Å². The summed E-state index contributed by atoms with van der Waals surface area (Å²) in [6.45, 7) is 2.28. The van der Waals surface area contributed by atoms with Gasteiger partial charge in [0.1, 0.15) is 9.71 Å². The topological polar surface area (TPSA) is 108 Å². The minimum Gasteiger partial charge on any atom is -0.397 e. The van der Waals surface area contributed by atoms with Crippen molar-refractivity contribution in [2.45, 2.75) is 13.5 Å². The van der Waals surface area contributed by atoms with Crippen LogP contribution in [0.4, 0.5) is 11.4 Å². The van der Waals surface area contributed by atoms with Crippen molar-refractivity contribution < 1.29 is 14.5 Å². The Kier molecular flexibility index (Phi) is 4.47. The number of hydrogen-bond donors (Lipinski definition) is 1. The first-order chi connectivity index (χ1) is 11.9. The third-order valence-electron chi connectivity index (χ3n) is 3.79. The second-order valence-electron chi connectivity index (χ2n) is 5.52. The van der Waals surface area contributed by atoms with Gasteiger partial charge in [0.25, 0.3) is 5.69 Å². The van der Waals surface area contributed by atoms with E-state index in [4.69, 9.17) is 10.5 Å². The van der Waals surface area contributed by atoms with Gasteiger partial charge in [-0.15, -0.1) is 11.3 Å². The van der Waals surface area contributed by atoms with Crippen molar-refractivity contribution in [1.29, 1.82) is 0 Å². The largest absolute Gasteiger partial charge is 0.397 e. The number of non-ortho nitro benzene ring substituents is 1. The van der Waals surface area contributed by atoms with Gasteiger partial charge in [-0.2, -0.15) is 0 Å². The molecular formula is C17H15N3O4S. The zero-order valence-electron chi connectivity index (χ0n) is 13.6. The number of aryl methyl sites for hydroxylation is 1. The van der Waals surface area contributed by atoms with E-state index in [0.717, 1.165) is 16.6 Å². The van der Waals surface area contributed by atoms with E-state index in [1.165, 1.54) is 35.6 Å². The van der Waals surface area contributed by atoms with Crippen molar-refractivity contribution in [3.63, 3.8) is 0 Å².